The van der Waals surface area contributed by atoms with Crippen LogP contribution in [0, 0.1) is 6.92 Å². The van der Waals surface area contributed by atoms with Crippen molar-refractivity contribution in [2.24, 2.45) is 4.99 Å². The molecule has 0 bridgehead atoms. The molecule has 0 radical (unpaired) electrons. The van der Waals surface area contributed by atoms with E-state index in [2.05, 4.69) is 66.5 Å². The van der Waals surface area contributed by atoms with E-state index in [4.69, 9.17) is 0 Å². The molecule has 1 aromatic carbocycles. The summed E-state index contributed by atoms with van der Waals surface area (Å²) in [6, 6.07) is 9.17. The van der Waals surface area contributed by atoms with Crippen molar-refractivity contribution in [3.63, 3.8) is 0 Å². The SMILES string of the molecule is CN=C(NCc1nnc2n1CCCCC2)NC1CCN(c2ccc(C)cc2)C1.I. The zero-order valence-electron chi connectivity index (χ0n) is 17.4. The Bertz CT molecular complexity index is 815. The molecule has 29 heavy (non-hydrogen) atoms. The molecule has 1 aromatic heterocycles. The number of fused-ring (bicyclic) bond motifs is 1. The maximum absolute atomic E-state index is 4.41. The Labute approximate surface area is 190 Å². The van der Waals surface area contributed by atoms with Crippen LogP contribution in [0.1, 0.15) is 42.9 Å². The highest BCUT2D eigenvalue weighted by molar-refractivity contribution is 14.0. The molecule has 1 saturated heterocycles. The molecule has 0 amide bonds. The first-order chi connectivity index (χ1) is 13.7. The molecule has 8 heteroatoms. The summed E-state index contributed by atoms with van der Waals surface area (Å²) in [6.45, 7) is 5.86. The number of hydrogen-bond donors (Lipinski definition) is 2. The molecule has 0 aliphatic carbocycles. The number of aliphatic imine (C=N–C) groups is 1. The summed E-state index contributed by atoms with van der Waals surface area (Å²) in [5, 5.41) is 15.8. The molecule has 1 unspecified atom stereocenters. The van der Waals surface area contributed by atoms with Gasteiger partial charge in [0.25, 0.3) is 0 Å². The Hall–Kier alpha value is -1.84. The van der Waals surface area contributed by atoms with Gasteiger partial charge in [0.05, 0.1) is 6.54 Å². The number of aromatic nitrogens is 3. The first kappa shape index (κ1) is 21.9. The van der Waals surface area contributed by atoms with Gasteiger partial charge in [0.2, 0.25) is 0 Å². The molecular weight excluding hydrogens is 477 g/mol. The van der Waals surface area contributed by atoms with Crippen molar-refractivity contribution >= 4 is 35.6 Å². The monoisotopic (exact) mass is 509 g/mol. The lowest BCUT2D eigenvalue weighted by molar-refractivity contribution is 0.591. The third kappa shape index (κ3) is 5.40. The number of nitrogens with one attached hydrogen (secondary N) is 2. The number of rotatable bonds is 4. The van der Waals surface area contributed by atoms with Crippen LogP contribution in [-0.4, -0.2) is 46.9 Å². The second kappa shape index (κ2) is 10.3. The molecule has 2 N–H and O–H groups in total. The van der Waals surface area contributed by atoms with Crippen LogP contribution in [0.4, 0.5) is 5.69 Å². The van der Waals surface area contributed by atoms with E-state index in [1.165, 1.54) is 30.5 Å². The van der Waals surface area contributed by atoms with Gasteiger partial charge in [-0.2, -0.15) is 0 Å². The summed E-state index contributed by atoms with van der Waals surface area (Å²) in [5.41, 5.74) is 2.59. The van der Waals surface area contributed by atoms with Crippen LogP contribution in [-0.2, 0) is 19.5 Å². The van der Waals surface area contributed by atoms with E-state index in [0.717, 1.165) is 50.1 Å². The Kier molecular flexibility index (Phi) is 7.74. The van der Waals surface area contributed by atoms with Crippen LogP contribution in [0.2, 0.25) is 0 Å². The van der Waals surface area contributed by atoms with Gasteiger partial charge in [0, 0.05) is 44.8 Å². The van der Waals surface area contributed by atoms with E-state index >= 15 is 0 Å². The fourth-order valence-electron chi connectivity index (χ4n) is 4.09. The highest BCUT2D eigenvalue weighted by Crippen LogP contribution is 2.20. The minimum Gasteiger partial charge on any atom is -0.369 e. The standard InChI is InChI=1S/C21H31N7.HI/c1-16-7-9-18(10-8-16)27-13-11-17(15-27)24-21(22-2)23-14-20-26-25-19-6-4-3-5-12-28(19)20;/h7-10,17H,3-6,11-15H2,1-2H3,(H2,22,23,24);1H. The number of aryl methyl sites for hydroxylation is 2. The van der Waals surface area contributed by atoms with Gasteiger partial charge in [-0.25, -0.2) is 0 Å². The van der Waals surface area contributed by atoms with E-state index in [9.17, 15) is 0 Å². The lowest BCUT2D eigenvalue weighted by atomic mass is 10.2. The summed E-state index contributed by atoms with van der Waals surface area (Å²) >= 11 is 0. The zero-order chi connectivity index (χ0) is 19.3. The maximum atomic E-state index is 4.41. The quantitative estimate of drug-likeness (QED) is 0.377. The van der Waals surface area contributed by atoms with Gasteiger partial charge >= 0.3 is 0 Å². The Morgan fingerprint density at radius 1 is 1.14 bits per heavy atom. The summed E-state index contributed by atoms with van der Waals surface area (Å²) in [7, 11) is 1.83. The smallest absolute Gasteiger partial charge is 0.191 e. The van der Waals surface area contributed by atoms with Gasteiger partial charge < -0.3 is 20.1 Å². The Morgan fingerprint density at radius 2 is 1.97 bits per heavy atom. The summed E-state index contributed by atoms with van der Waals surface area (Å²) in [4.78, 5) is 6.84. The van der Waals surface area contributed by atoms with E-state index in [1.807, 2.05) is 7.05 Å². The third-order valence-electron chi connectivity index (χ3n) is 5.75. The molecule has 4 rings (SSSR count). The number of hydrogen-bond acceptors (Lipinski definition) is 4. The van der Waals surface area contributed by atoms with Gasteiger partial charge in [-0.05, 0) is 38.3 Å². The van der Waals surface area contributed by atoms with Crippen LogP contribution in [0.15, 0.2) is 29.3 Å². The van der Waals surface area contributed by atoms with Crippen molar-refractivity contribution in [1.29, 1.82) is 0 Å². The normalized spacial score (nSPS) is 19.3. The van der Waals surface area contributed by atoms with Gasteiger partial charge in [0.15, 0.2) is 11.8 Å². The molecule has 7 nitrogen and oxygen atoms in total. The molecule has 0 saturated carbocycles. The van der Waals surface area contributed by atoms with Crippen LogP contribution >= 0.6 is 24.0 Å². The number of halogens is 1. The fourth-order valence-corrected chi connectivity index (χ4v) is 4.09. The van der Waals surface area contributed by atoms with Crippen molar-refractivity contribution in [2.75, 3.05) is 25.0 Å². The van der Waals surface area contributed by atoms with E-state index in [0.29, 0.717) is 12.6 Å². The minimum absolute atomic E-state index is 0. The maximum Gasteiger partial charge on any atom is 0.191 e. The first-order valence-electron chi connectivity index (χ1n) is 10.4. The largest absolute Gasteiger partial charge is 0.369 e. The van der Waals surface area contributed by atoms with Crippen molar-refractivity contribution in [2.45, 2.75) is 58.2 Å². The van der Waals surface area contributed by atoms with Crippen LogP contribution in [0.5, 0.6) is 0 Å². The summed E-state index contributed by atoms with van der Waals surface area (Å²) in [6.07, 6.45) is 5.85. The van der Waals surface area contributed by atoms with Gasteiger partial charge in [-0.3, -0.25) is 4.99 Å². The van der Waals surface area contributed by atoms with E-state index < -0.39 is 0 Å². The highest BCUT2D eigenvalue weighted by atomic mass is 127. The molecule has 1 fully saturated rings. The molecule has 2 aliphatic heterocycles. The molecular formula is C21H32IN7. The van der Waals surface area contributed by atoms with Crippen molar-refractivity contribution in [3.05, 3.63) is 41.5 Å². The van der Waals surface area contributed by atoms with Crippen LogP contribution in [0.3, 0.4) is 0 Å². The molecule has 2 aliphatic rings. The van der Waals surface area contributed by atoms with Gasteiger partial charge in [-0.1, -0.05) is 24.1 Å². The highest BCUT2D eigenvalue weighted by Gasteiger charge is 2.23. The minimum atomic E-state index is 0. The van der Waals surface area contributed by atoms with Crippen LogP contribution < -0.4 is 15.5 Å². The first-order valence-corrected chi connectivity index (χ1v) is 10.4. The molecule has 3 heterocycles. The predicted octanol–water partition coefficient (Wildman–Crippen LogP) is 2.87. The van der Waals surface area contributed by atoms with Crippen molar-refractivity contribution in [3.8, 4) is 0 Å². The fraction of sp³-hybridized carbons (Fsp3) is 0.571. The van der Waals surface area contributed by atoms with Crippen molar-refractivity contribution < 1.29 is 0 Å². The Balaban J connectivity index is 0.00000240. The molecule has 158 valence electrons. The van der Waals surface area contributed by atoms with Crippen molar-refractivity contribution in [1.82, 2.24) is 25.4 Å². The van der Waals surface area contributed by atoms with Crippen LogP contribution in [0.25, 0.3) is 0 Å². The second-order valence-electron chi connectivity index (χ2n) is 7.83. The lowest BCUT2D eigenvalue weighted by Crippen LogP contribution is -2.44. The predicted molar refractivity (Wildman–Crippen MR) is 128 cm³/mol. The van der Waals surface area contributed by atoms with Gasteiger partial charge in [0.1, 0.15) is 5.82 Å². The number of guanidine groups is 1. The summed E-state index contributed by atoms with van der Waals surface area (Å²) < 4.78 is 2.28. The number of nitrogens with zero attached hydrogens (tertiary/aromatic N) is 5. The third-order valence-corrected chi connectivity index (χ3v) is 5.75. The average Bonchev–Trinajstić information content (AvgIpc) is 3.26. The second-order valence-corrected chi connectivity index (χ2v) is 7.83. The topological polar surface area (TPSA) is 70.4 Å². The van der Waals surface area contributed by atoms with Gasteiger partial charge in [-0.15, -0.1) is 34.2 Å². The number of benzene rings is 1. The number of anilines is 1. The average molecular weight is 509 g/mol. The molecule has 0 spiro atoms. The Morgan fingerprint density at radius 3 is 2.76 bits per heavy atom. The molecule has 2 aromatic rings. The zero-order valence-corrected chi connectivity index (χ0v) is 19.7. The van der Waals surface area contributed by atoms with E-state index in [-0.39, 0.29) is 24.0 Å². The lowest BCUT2D eigenvalue weighted by Gasteiger charge is -2.20. The van der Waals surface area contributed by atoms with E-state index in [1.54, 1.807) is 0 Å². The molecule has 1 atom stereocenters. The summed E-state index contributed by atoms with van der Waals surface area (Å²) in [5.74, 6) is 2.97.